The molecule has 5 rings (SSSR count). The Labute approximate surface area is 169 Å². The number of carbonyl (C=O) groups excluding carboxylic acids is 1. The predicted molar refractivity (Wildman–Crippen MR) is 107 cm³/mol. The number of H-pyrrole nitrogens is 1. The quantitative estimate of drug-likeness (QED) is 0.672. The number of amides is 1. The Bertz CT molecular complexity index is 963. The van der Waals surface area contributed by atoms with Crippen LogP contribution in [-0.2, 0) is 24.4 Å². The number of aromatic amines is 1. The van der Waals surface area contributed by atoms with E-state index in [4.69, 9.17) is 4.74 Å². The molecule has 2 aliphatic rings. The first-order valence-electron chi connectivity index (χ1n) is 10.2. The summed E-state index contributed by atoms with van der Waals surface area (Å²) in [5, 5.41) is 0. The minimum atomic E-state index is 0.0332. The SMILES string of the molecule is O=C(c1cc[nH]c1)N1Cc2ncn(CC3CC3)c2[C@@H](COCc2cccnc2)C1. The molecule has 1 fully saturated rings. The van der Waals surface area contributed by atoms with E-state index in [1.165, 1.54) is 18.5 Å². The number of imidazole rings is 1. The van der Waals surface area contributed by atoms with Crippen molar-refractivity contribution in [1.82, 2.24) is 24.4 Å². The zero-order valence-corrected chi connectivity index (χ0v) is 16.3. The van der Waals surface area contributed by atoms with E-state index in [1.807, 2.05) is 35.6 Å². The van der Waals surface area contributed by atoms with Crippen molar-refractivity contribution < 1.29 is 9.53 Å². The van der Waals surface area contributed by atoms with E-state index in [9.17, 15) is 4.79 Å². The van der Waals surface area contributed by atoms with Crippen LogP contribution in [0.1, 0.15) is 46.1 Å². The molecule has 0 radical (unpaired) electrons. The molecule has 0 aromatic carbocycles. The zero-order chi connectivity index (χ0) is 19.6. The van der Waals surface area contributed by atoms with Gasteiger partial charge in [-0.25, -0.2) is 4.98 Å². The molecule has 1 aliphatic carbocycles. The molecule has 7 heteroatoms. The van der Waals surface area contributed by atoms with Gasteiger partial charge in [0.05, 0.1) is 37.3 Å². The Morgan fingerprint density at radius 3 is 3.00 bits per heavy atom. The summed E-state index contributed by atoms with van der Waals surface area (Å²) in [4.78, 5) is 26.6. The summed E-state index contributed by atoms with van der Waals surface area (Å²) < 4.78 is 8.35. The predicted octanol–water partition coefficient (Wildman–Crippen LogP) is 2.97. The molecular weight excluding hydrogens is 366 g/mol. The normalized spacial score (nSPS) is 18.6. The summed E-state index contributed by atoms with van der Waals surface area (Å²) in [6, 6.07) is 5.75. The van der Waals surface area contributed by atoms with E-state index in [0.29, 0.717) is 31.9 Å². The second kappa shape index (κ2) is 7.83. The topological polar surface area (TPSA) is 76.0 Å². The Morgan fingerprint density at radius 2 is 2.24 bits per heavy atom. The zero-order valence-electron chi connectivity index (χ0n) is 16.3. The van der Waals surface area contributed by atoms with Gasteiger partial charge in [-0.15, -0.1) is 0 Å². The van der Waals surface area contributed by atoms with Crippen LogP contribution in [0.5, 0.6) is 0 Å². The number of aromatic nitrogens is 4. The van der Waals surface area contributed by atoms with Gasteiger partial charge in [-0.1, -0.05) is 6.07 Å². The van der Waals surface area contributed by atoms with Crippen molar-refractivity contribution in [2.24, 2.45) is 5.92 Å². The first-order valence-corrected chi connectivity index (χ1v) is 10.2. The molecule has 0 saturated heterocycles. The summed E-state index contributed by atoms with van der Waals surface area (Å²) in [6.45, 7) is 3.28. The molecular formula is C22H25N5O2. The van der Waals surface area contributed by atoms with Gasteiger partial charge in [-0.05, 0) is 36.5 Å². The second-order valence-electron chi connectivity index (χ2n) is 8.03. The van der Waals surface area contributed by atoms with Gasteiger partial charge < -0.3 is 19.2 Å². The van der Waals surface area contributed by atoms with Gasteiger partial charge in [0.25, 0.3) is 5.91 Å². The highest BCUT2D eigenvalue weighted by molar-refractivity contribution is 5.94. The fraction of sp³-hybridized carbons (Fsp3) is 0.409. The van der Waals surface area contributed by atoms with Crippen molar-refractivity contribution >= 4 is 5.91 Å². The number of pyridine rings is 1. The van der Waals surface area contributed by atoms with Gasteiger partial charge in [-0.2, -0.15) is 0 Å². The van der Waals surface area contributed by atoms with E-state index in [0.717, 1.165) is 23.7 Å². The van der Waals surface area contributed by atoms with Crippen LogP contribution >= 0.6 is 0 Å². The van der Waals surface area contributed by atoms with E-state index < -0.39 is 0 Å². The molecule has 3 aromatic rings. The second-order valence-corrected chi connectivity index (χ2v) is 8.03. The van der Waals surface area contributed by atoms with Crippen molar-refractivity contribution in [3.05, 3.63) is 71.8 Å². The standard InChI is InChI=1S/C22H25N5O2/c28-22(18-5-7-24-9-18)26-11-19(14-29-13-17-2-1-6-23-8-17)21-20(12-26)25-15-27(21)10-16-3-4-16/h1-2,5-9,15-16,19,24H,3-4,10-14H2/t19-/m1/s1. The first-order chi connectivity index (χ1) is 14.3. The van der Waals surface area contributed by atoms with Gasteiger partial charge >= 0.3 is 0 Å². The maximum absolute atomic E-state index is 12.9. The van der Waals surface area contributed by atoms with E-state index in [1.54, 1.807) is 18.6 Å². The Hall–Kier alpha value is -2.93. The maximum atomic E-state index is 12.9. The number of rotatable bonds is 7. The Morgan fingerprint density at radius 1 is 1.31 bits per heavy atom. The van der Waals surface area contributed by atoms with Crippen LogP contribution in [0.15, 0.2) is 49.3 Å². The third-order valence-corrected chi connectivity index (χ3v) is 5.72. The van der Waals surface area contributed by atoms with Gasteiger partial charge in [0.1, 0.15) is 0 Å². The average molecular weight is 391 g/mol. The van der Waals surface area contributed by atoms with Crippen LogP contribution in [0, 0.1) is 5.92 Å². The molecule has 1 N–H and O–H groups in total. The monoisotopic (exact) mass is 391 g/mol. The third-order valence-electron chi connectivity index (χ3n) is 5.72. The van der Waals surface area contributed by atoms with Gasteiger partial charge in [-0.3, -0.25) is 9.78 Å². The molecule has 1 saturated carbocycles. The third kappa shape index (κ3) is 3.96. The van der Waals surface area contributed by atoms with Crippen molar-refractivity contribution in [3.63, 3.8) is 0 Å². The lowest BCUT2D eigenvalue weighted by Gasteiger charge is -2.33. The van der Waals surface area contributed by atoms with Crippen LogP contribution in [-0.4, -0.2) is 43.5 Å². The van der Waals surface area contributed by atoms with Crippen molar-refractivity contribution in [2.75, 3.05) is 13.2 Å². The number of hydrogen-bond acceptors (Lipinski definition) is 4. The molecule has 150 valence electrons. The molecule has 7 nitrogen and oxygen atoms in total. The molecule has 4 heterocycles. The fourth-order valence-corrected chi connectivity index (χ4v) is 4.08. The summed E-state index contributed by atoms with van der Waals surface area (Å²) in [6.07, 6.45) is 11.7. The highest BCUT2D eigenvalue weighted by atomic mass is 16.5. The van der Waals surface area contributed by atoms with Crippen LogP contribution in [0.3, 0.4) is 0 Å². The molecule has 1 atom stereocenters. The van der Waals surface area contributed by atoms with Crippen LogP contribution < -0.4 is 0 Å². The van der Waals surface area contributed by atoms with Crippen molar-refractivity contribution in [1.29, 1.82) is 0 Å². The van der Waals surface area contributed by atoms with E-state index in [2.05, 4.69) is 19.5 Å². The van der Waals surface area contributed by atoms with Gasteiger partial charge in [0, 0.05) is 49.5 Å². The minimum absolute atomic E-state index is 0.0332. The van der Waals surface area contributed by atoms with E-state index in [-0.39, 0.29) is 11.8 Å². The molecule has 0 unspecified atom stereocenters. The Balaban J connectivity index is 1.35. The van der Waals surface area contributed by atoms with Crippen LogP contribution in [0.4, 0.5) is 0 Å². The number of ether oxygens (including phenoxy) is 1. The summed E-state index contributed by atoms with van der Waals surface area (Å²) in [5.41, 5.74) is 3.97. The van der Waals surface area contributed by atoms with Crippen molar-refractivity contribution in [3.8, 4) is 0 Å². The smallest absolute Gasteiger partial charge is 0.255 e. The molecule has 1 amide bonds. The maximum Gasteiger partial charge on any atom is 0.255 e. The average Bonchev–Trinajstić information content (AvgIpc) is 3.23. The summed E-state index contributed by atoms with van der Waals surface area (Å²) in [7, 11) is 0. The van der Waals surface area contributed by atoms with E-state index >= 15 is 0 Å². The molecule has 0 spiro atoms. The molecule has 3 aromatic heterocycles. The summed E-state index contributed by atoms with van der Waals surface area (Å²) in [5.74, 6) is 0.912. The highest BCUT2D eigenvalue weighted by Crippen LogP contribution is 2.34. The molecule has 29 heavy (non-hydrogen) atoms. The number of fused-ring (bicyclic) bond motifs is 1. The highest BCUT2D eigenvalue weighted by Gasteiger charge is 2.34. The largest absolute Gasteiger partial charge is 0.376 e. The lowest BCUT2D eigenvalue weighted by atomic mass is 9.98. The minimum Gasteiger partial charge on any atom is -0.376 e. The van der Waals surface area contributed by atoms with Gasteiger partial charge in [0.2, 0.25) is 0 Å². The van der Waals surface area contributed by atoms with Crippen LogP contribution in [0.2, 0.25) is 0 Å². The van der Waals surface area contributed by atoms with Gasteiger partial charge in [0.15, 0.2) is 0 Å². The first kappa shape index (κ1) is 18.1. The Kier molecular flexibility index (Phi) is 4.89. The van der Waals surface area contributed by atoms with Crippen LogP contribution in [0.25, 0.3) is 0 Å². The lowest BCUT2D eigenvalue weighted by Crippen LogP contribution is -2.40. The van der Waals surface area contributed by atoms with Crippen molar-refractivity contribution in [2.45, 2.75) is 38.5 Å². The fourth-order valence-electron chi connectivity index (χ4n) is 4.08. The molecule has 0 bridgehead atoms. The number of nitrogens with zero attached hydrogens (tertiary/aromatic N) is 4. The molecule has 1 aliphatic heterocycles. The summed E-state index contributed by atoms with van der Waals surface area (Å²) >= 11 is 0. The lowest BCUT2D eigenvalue weighted by molar-refractivity contribution is 0.0606. The number of nitrogens with one attached hydrogen (secondary N) is 1. The number of carbonyl (C=O) groups is 1. The number of hydrogen-bond donors (Lipinski definition) is 1.